The van der Waals surface area contributed by atoms with E-state index in [1.54, 1.807) is 0 Å². The summed E-state index contributed by atoms with van der Waals surface area (Å²) in [4.78, 5) is 10.6. The highest BCUT2D eigenvalue weighted by atomic mass is 16.1. The van der Waals surface area contributed by atoms with Crippen molar-refractivity contribution in [3.8, 4) is 0 Å². The first kappa shape index (κ1) is 10.7. The summed E-state index contributed by atoms with van der Waals surface area (Å²) in [7, 11) is 0. The minimum Gasteiger partial charge on any atom is -0.349 e. The van der Waals surface area contributed by atoms with Crippen LogP contribution in [0.3, 0.4) is 0 Å². The minimum absolute atomic E-state index is 0.726. The lowest BCUT2D eigenvalue weighted by Gasteiger charge is -2.06. The van der Waals surface area contributed by atoms with Gasteiger partial charge in [-0.3, -0.25) is 4.79 Å². The van der Waals surface area contributed by atoms with Crippen LogP contribution in [0, 0.1) is 13.8 Å². The molecule has 0 saturated heterocycles. The molecule has 0 spiro atoms. The number of aryl methyl sites for hydroxylation is 2. The molecule has 2 rings (SSSR count). The Bertz CT molecular complexity index is 491. The summed E-state index contributed by atoms with van der Waals surface area (Å²) in [6.45, 7) is 5.02. The third kappa shape index (κ3) is 2.40. The fourth-order valence-electron chi connectivity index (χ4n) is 2.00. The molecule has 0 aliphatic heterocycles. The van der Waals surface area contributed by atoms with Crippen molar-refractivity contribution in [2.75, 3.05) is 0 Å². The van der Waals surface area contributed by atoms with Crippen molar-refractivity contribution >= 4 is 6.29 Å². The molecule has 2 heteroatoms. The SMILES string of the molecule is Cc1cc(C)cc(Cn2ccc(C=O)c2)c1. The van der Waals surface area contributed by atoms with E-state index >= 15 is 0 Å². The fraction of sp³-hybridized carbons (Fsp3) is 0.214. The van der Waals surface area contributed by atoms with Crippen LogP contribution in [0.1, 0.15) is 27.0 Å². The van der Waals surface area contributed by atoms with E-state index in [1.165, 1.54) is 16.7 Å². The van der Waals surface area contributed by atoms with Crippen molar-refractivity contribution in [3.05, 3.63) is 58.9 Å². The molecular formula is C14H15NO. The van der Waals surface area contributed by atoms with Gasteiger partial charge in [-0.05, 0) is 25.5 Å². The van der Waals surface area contributed by atoms with E-state index in [2.05, 4.69) is 32.0 Å². The van der Waals surface area contributed by atoms with Gasteiger partial charge in [0.25, 0.3) is 0 Å². The van der Waals surface area contributed by atoms with Crippen LogP contribution in [0.5, 0.6) is 0 Å². The molecule has 0 bridgehead atoms. The molecule has 0 aliphatic carbocycles. The molecule has 0 saturated carbocycles. The lowest BCUT2D eigenvalue weighted by atomic mass is 10.1. The molecule has 1 aromatic carbocycles. The van der Waals surface area contributed by atoms with Gasteiger partial charge in [-0.15, -0.1) is 0 Å². The average Bonchev–Trinajstić information content (AvgIpc) is 2.64. The molecule has 0 aliphatic rings. The van der Waals surface area contributed by atoms with Crippen LogP contribution in [-0.4, -0.2) is 10.9 Å². The molecule has 0 radical (unpaired) electrons. The van der Waals surface area contributed by atoms with Gasteiger partial charge in [-0.1, -0.05) is 29.3 Å². The van der Waals surface area contributed by atoms with E-state index in [-0.39, 0.29) is 0 Å². The normalized spacial score (nSPS) is 10.4. The number of aldehydes is 1. The predicted octanol–water partition coefficient (Wildman–Crippen LogP) is 2.97. The molecule has 1 aromatic heterocycles. The van der Waals surface area contributed by atoms with Crippen molar-refractivity contribution in [2.45, 2.75) is 20.4 Å². The largest absolute Gasteiger partial charge is 0.349 e. The van der Waals surface area contributed by atoms with Crippen LogP contribution in [0.25, 0.3) is 0 Å². The number of carbonyl (C=O) groups excluding carboxylic acids is 1. The molecule has 0 amide bonds. The molecule has 1 heterocycles. The summed E-state index contributed by atoms with van der Waals surface area (Å²) < 4.78 is 2.03. The molecule has 0 atom stereocenters. The van der Waals surface area contributed by atoms with E-state index in [9.17, 15) is 4.79 Å². The number of rotatable bonds is 3. The van der Waals surface area contributed by atoms with Crippen molar-refractivity contribution in [3.63, 3.8) is 0 Å². The van der Waals surface area contributed by atoms with Gasteiger partial charge in [0, 0.05) is 24.5 Å². The van der Waals surface area contributed by atoms with Crippen molar-refractivity contribution < 1.29 is 4.79 Å². The van der Waals surface area contributed by atoms with Crippen LogP contribution in [0.4, 0.5) is 0 Å². The molecular weight excluding hydrogens is 198 g/mol. The first-order chi connectivity index (χ1) is 7.67. The first-order valence-corrected chi connectivity index (χ1v) is 5.35. The molecule has 0 N–H and O–H groups in total. The van der Waals surface area contributed by atoms with Crippen molar-refractivity contribution in [1.82, 2.24) is 4.57 Å². The van der Waals surface area contributed by atoms with Crippen molar-refractivity contribution in [1.29, 1.82) is 0 Å². The number of benzene rings is 1. The zero-order valence-electron chi connectivity index (χ0n) is 9.60. The number of aromatic nitrogens is 1. The summed E-state index contributed by atoms with van der Waals surface area (Å²) in [5, 5.41) is 0. The minimum atomic E-state index is 0.726. The Morgan fingerprint density at radius 1 is 1.19 bits per heavy atom. The average molecular weight is 213 g/mol. The maximum atomic E-state index is 10.6. The number of hydrogen-bond donors (Lipinski definition) is 0. The summed E-state index contributed by atoms with van der Waals surface area (Å²) in [6, 6.07) is 8.34. The summed E-state index contributed by atoms with van der Waals surface area (Å²) in [6.07, 6.45) is 4.67. The van der Waals surface area contributed by atoms with Gasteiger partial charge < -0.3 is 4.57 Å². The summed E-state index contributed by atoms with van der Waals surface area (Å²) in [5.41, 5.74) is 4.55. The Morgan fingerprint density at radius 2 is 1.88 bits per heavy atom. The second kappa shape index (κ2) is 4.35. The van der Waals surface area contributed by atoms with E-state index in [0.29, 0.717) is 0 Å². The maximum Gasteiger partial charge on any atom is 0.151 e. The smallest absolute Gasteiger partial charge is 0.151 e. The van der Waals surface area contributed by atoms with E-state index in [1.807, 2.05) is 23.0 Å². The molecule has 0 fully saturated rings. The van der Waals surface area contributed by atoms with Gasteiger partial charge >= 0.3 is 0 Å². The van der Waals surface area contributed by atoms with E-state index < -0.39 is 0 Å². The van der Waals surface area contributed by atoms with E-state index in [0.717, 1.165) is 18.4 Å². The highest BCUT2D eigenvalue weighted by molar-refractivity contribution is 5.74. The molecule has 82 valence electrons. The van der Waals surface area contributed by atoms with Gasteiger partial charge in [0.15, 0.2) is 6.29 Å². The van der Waals surface area contributed by atoms with Crippen LogP contribution < -0.4 is 0 Å². The van der Waals surface area contributed by atoms with Crippen LogP contribution >= 0.6 is 0 Å². The highest BCUT2D eigenvalue weighted by Gasteiger charge is 1.99. The lowest BCUT2D eigenvalue weighted by molar-refractivity contribution is 0.112. The Morgan fingerprint density at radius 3 is 2.44 bits per heavy atom. The number of nitrogens with zero attached hydrogens (tertiary/aromatic N) is 1. The van der Waals surface area contributed by atoms with Gasteiger partial charge in [-0.2, -0.15) is 0 Å². The quantitative estimate of drug-likeness (QED) is 0.718. The molecule has 0 unspecified atom stereocenters. The maximum absolute atomic E-state index is 10.6. The second-order valence-corrected chi connectivity index (χ2v) is 4.23. The fourth-order valence-corrected chi connectivity index (χ4v) is 2.00. The summed E-state index contributed by atoms with van der Waals surface area (Å²) >= 11 is 0. The third-order valence-corrected chi connectivity index (χ3v) is 2.56. The predicted molar refractivity (Wildman–Crippen MR) is 64.8 cm³/mol. The lowest BCUT2D eigenvalue weighted by Crippen LogP contribution is -1.97. The Hall–Kier alpha value is -1.83. The van der Waals surface area contributed by atoms with Gasteiger partial charge in [0.1, 0.15) is 0 Å². The first-order valence-electron chi connectivity index (χ1n) is 5.35. The zero-order chi connectivity index (χ0) is 11.5. The van der Waals surface area contributed by atoms with Crippen LogP contribution in [0.2, 0.25) is 0 Å². The molecule has 2 nitrogen and oxygen atoms in total. The zero-order valence-corrected chi connectivity index (χ0v) is 9.60. The number of carbonyl (C=O) groups is 1. The van der Waals surface area contributed by atoms with Gasteiger partial charge in [0.05, 0.1) is 0 Å². The molecule has 2 aromatic rings. The second-order valence-electron chi connectivity index (χ2n) is 4.23. The van der Waals surface area contributed by atoms with Crippen LogP contribution in [0.15, 0.2) is 36.7 Å². The number of hydrogen-bond acceptors (Lipinski definition) is 1. The van der Waals surface area contributed by atoms with Crippen LogP contribution in [-0.2, 0) is 6.54 Å². The van der Waals surface area contributed by atoms with Gasteiger partial charge in [0.2, 0.25) is 0 Å². The molecule has 16 heavy (non-hydrogen) atoms. The Kier molecular flexibility index (Phi) is 2.91. The monoisotopic (exact) mass is 213 g/mol. The highest BCUT2D eigenvalue weighted by Crippen LogP contribution is 2.11. The Labute approximate surface area is 95.5 Å². The topological polar surface area (TPSA) is 22.0 Å². The van der Waals surface area contributed by atoms with Crippen molar-refractivity contribution in [2.24, 2.45) is 0 Å². The summed E-state index contributed by atoms with van der Waals surface area (Å²) in [5.74, 6) is 0. The standard InChI is InChI=1S/C14H15NO/c1-11-5-12(2)7-14(6-11)9-15-4-3-13(8-15)10-16/h3-8,10H,9H2,1-2H3. The van der Waals surface area contributed by atoms with E-state index in [4.69, 9.17) is 0 Å². The van der Waals surface area contributed by atoms with Gasteiger partial charge in [-0.25, -0.2) is 0 Å². The Balaban J connectivity index is 2.22. The third-order valence-electron chi connectivity index (χ3n) is 2.56.